The molecule has 0 spiro atoms. The van der Waals surface area contributed by atoms with E-state index in [4.69, 9.17) is 16.3 Å². The largest absolute Gasteiger partial charge is 0.497 e. The van der Waals surface area contributed by atoms with Crippen molar-refractivity contribution in [2.45, 2.75) is 50.3 Å². The SMILES string of the molecule is COc1cccc(C(O)(C(=O)N2CCCC(CC3CCN(c4ccc(C(=O)N(C)C)c(Cl)c4)CC3)CC2)C(F)(F)F)c1. The number of likely N-dealkylation sites (tertiary alicyclic amines) is 1. The average Bonchev–Trinajstić information content (AvgIpc) is 3.21. The Hall–Kier alpha value is -2.98. The monoisotopic (exact) mass is 609 g/mol. The Morgan fingerprint density at radius 1 is 1.00 bits per heavy atom. The van der Waals surface area contributed by atoms with Gasteiger partial charge in [-0.3, -0.25) is 9.59 Å². The normalized spacial score (nSPS) is 20.0. The number of hydrogen-bond acceptors (Lipinski definition) is 5. The van der Waals surface area contributed by atoms with Crippen LogP contribution in [-0.2, 0) is 10.4 Å². The van der Waals surface area contributed by atoms with Crippen molar-refractivity contribution in [2.24, 2.45) is 11.8 Å². The van der Waals surface area contributed by atoms with E-state index in [1.54, 1.807) is 20.2 Å². The Balaban J connectivity index is 1.34. The number of halogens is 4. The van der Waals surface area contributed by atoms with Crippen molar-refractivity contribution in [3.63, 3.8) is 0 Å². The number of alkyl halides is 3. The van der Waals surface area contributed by atoms with Crippen LogP contribution >= 0.6 is 11.6 Å². The van der Waals surface area contributed by atoms with E-state index < -0.39 is 23.2 Å². The van der Waals surface area contributed by atoms with Crippen LogP contribution in [0.4, 0.5) is 18.9 Å². The highest BCUT2D eigenvalue weighted by molar-refractivity contribution is 6.34. The lowest BCUT2D eigenvalue weighted by Crippen LogP contribution is -2.56. The number of methoxy groups -OCH3 is 1. The lowest BCUT2D eigenvalue weighted by atomic mass is 9.84. The fraction of sp³-hybridized carbons (Fsp3) is 0.548. The van der Waals surface area contributed by atoms with E-state index in [0.29, 0.717) is 35.3 Å². The summed E-state index contributed by atoms with van der Waals surface area (Å²) in [5, 5.41) is 11.3. The van der Waals surface area contributed by atoms with E-state index in [1.165, 1.54) is 29.0 Å². The number of carbonyl (C=O) groups is 2. The van der Waals surface area contributed by atoms with Crippen molar-refractivity contribution >= 4 is 29.1 Å². The second-order valence-corrected chi connectivity index (χ2v) is 12.0. The predicted octanol–water partition coefficient (Wildman–Crippen LogP) is 5.74. The van der Waals surface area contributed by atoms with Crippen molar-refractivity contribution in [2.75, 3.05) is 52.3 Å². The summed E-state index contributed by atoms with van der Waals surface area (Å²) in [4.78, 5) is 30.5. The van der Waals surface area contributed by atoms with E-state index >= 15 is 0 Å². The minimum atomic E-state index is -5.19. The number of amides is 2. The molecule has 4 rings (SSSR count). The van der Waals surface area contributed by atoms with Gasteiger partial charge in [0, 0.05) is 51.5 Å². The molecule has 42 heavy (non-hydrogen) atoms. The average molecular weight is 610 g/mol. The summed E-state index contributed by atoms with van der Waals surface area (Å²) < 4.78 is 47.7. The van der Waals surface area contributed by atoms with Crippen molar-refractivity contribution in [1.82, 2.24) is 9.80 Å². The molecule has 2 atom stereocenters. The first-order chi connectivity index (χ1) is 19.8. The standard InChI is InChI=1S/C31H39ClF3N3O4/c1-36(2)28(39)26-10-9-24(20-27(26)32)37-15-11-22(12-16-37)18-21-6-5-14-38(17-13-21)29(40)30(41,31(33,34)35)23-7-4-8-25(19-23)42-3/h4,7-10,19-22,41H,5-6,11-18H2,1-3H3. The van der Waals surface area contributed by atoms with Crippen LogP contribution in [-0.4, -0.2) is 80.3 Å². The van der Waals surface area contributed by atoms with Gasteiger partial charge in [0.25, 0.3) is 17.4 Å². The van der Waals surface area contributed by atoms with Gasteiger partial charge in [0.2, 0.25) is 0 Å². The number of hydrogen-bond donors (Lipinski definition) is 1. The number of piperidine rings is 1. The number of carbonyl (C=O) groups excluding carboxylic acids is 2. The zero-order chi connectivity index (χ0) is 30.7. The van der Waals surface area contributed by atoms with Gasteiger partial charge in [-0.25, -0.2) is 0 Å². The Labute approximate surface area is 250 Å². The van der Waals surface area contributed by atoms with Crippen LogP contribution < -0.4 is 9.64 Å². The summed E-state index contributed by atoms with van der Waals surface area (Å²) in [5.41, 5.74) is -2.74. The van der Waals surface area contributed by atoms with Crippen LogP contribution in [0.1, 0.15) is 54.4 Å². The molecule has 1 N–H and O–H groups in total. The Kier molecular flexibility index (Phi) is 9.98. The Morgan fingerprint density at radius 3 is 2.29 bits per heavy atom. The van der Waals surface area contributed by atoms with Gasteiger partial charge in [0.15, 0.2) is 0 Å². The molecule has 2 heterocycles. The molecule has 0 aromatic heterocycles. The first-order valence-corrected chi connectivity index (χ1v) is 14.7. The number of rotatable bonds is 7. The molecule has 2 fully saturated rings. The van der Waals surface area contributed by atoms with Gasteiger partial charge in [-0.05, 0) is 80.7 Å². The zero-order valence-electron chi connectivity index (χ0n) is 24.3. The fourth-order valence-corrected chi connectivity index (χ4v) is 6.36. The van der Waals surface area contributed by atoms with E-state index in [0.717, 1.165) is 56.6 Å². The van der Waals surface area contributed by atoms with Crippen LogP contribution in [0.3, 0.4) is 0 Å². The molecule has 2 aromatic rings. The Morgan fingerprint density at radius 2 is 1.67 bits per heavy atom. The van der Waals surface area contributed by atoms with E-state index in [9.17, 15) is 27.9 Å². The molecule has 2 amide bonds. The highest BCUT2D eigenvalue weighted by atomic mass is 35.5. The summed E-state index contributed by atoms with van der Waals surface area (Å²) in [6, 6.07) is 10.5. The van der Waals surface area contributed by atoms with Gasteiger partial charge in [-0.2, -0.15) is 13.2 Å². The highest BCUT2D eigenvalue weighted by Crippen LogP contribution is 2.42. The van der Waals surface area contributed by atoms with Gasteiger partial charge >= 0.3 is 6.18 Å². The maximum Gasteiger partial charge on any atom is 0.430 e. The molecule has 230 valence electrons. The van der Waals surface area contributed by atoms with E-state index in [1.807, 2.05) is 12.1 Å². The maximum atomic E-state index is 14.2. The molecule has 0 saturated carbocycles. The summed E-state index contributed by atoms with van der Waals surface area (Å²) in [7, 11) is 4.69. The minimum absolute atomic E-state index is 0.129. The van der Waals surface area contributed by atoms with E-state index in [2.05, 4.69) is 4.90 Å². The van der Waals surface area contributed by atoms with E-state index in [-0.39, 0.29) is 24.7 Å². The third kappa shape index (κ3) is 6.80. The van der Waals surface area contributed by atoms with Crippen molar-refractivity contribution in [3.05, 3.63) is 58.6 Å². The smallest absolute Gasteiger partial charge is 0.430 e. The molecule has 7 nitrogen and oxygen atoms in total. The molecule has 2 aromatic carbocycles. The first-order valence-electron chi connectivity index (χ1n) is 14.3. The molecule has 2 aliphatic heterocycles. The molecule has 2 unspecified atom stereocenters. The van der Waals surface area contributed by atoms with Crippen molar-refractivity contribution < 1.29 is 32.6 Å². The predicted molar refractivity (Wildman–Crippen MR) is 156 cm³/mol. The number of anilines is 1. The third-order valence-electron chi connectivity index (χ3n) is 8.58. The zero-order valence-corrected chi connectivity index (χ0v) is 25.0. The lowest BCUT2D eigenvalue weighted by Gasteiger charge is -2.35. The van der Waals surface area contributed by atoms with Crippen LogP contribution in [0.5, 0.6) is 5.75 Å². The maximum absolute atomic E-state index is 14.2. The Bertz CT molecular complexity index is 1270. The van der Waals surface area contributed by atoms with Gasteiger partial charge < -0.3 is 24.5 Å². The number of nitrogens with zero attached hydrogens (tertiary/aromatic N) is 3. The summed E-state index contributed by atoms with van der Waals surface area (Å²) in [5.74, 6) is -0.584. The van der Waals surface area contributed by atoms with Crippen LogP contribution in [0.25, 0.3) is 0 Å². The molecule has 2 saturated heterocycles. The van der Waals surface area contributed by atoms with Gasteiger partial charge in [0.1, 0.15) is 5.75 Å². The first kappa shape index (κ1) is 31.9. The number of ether oxygens (including phenoxy) is 1. The third-order valence-corrected chi connectivity index (χ3v) is 8.89. The molecule has 11 heteroatoms. The molecule has 0 aliphatic carbocycles. The van der Waals surface area contributed by atoms with Crippen LogP contribution in [0, 0.1) is 11.8 Å². The van der Waals surface area contributed by atoms with Crippen molar-refractivity contribution in [1.29, 1.82) is 0 Å². The topological polar surface area (TPSA) is 73.3 Å². The second kappa shape index (κ2) is 13.1. The van der Waals surface area contributed by atoms with Crippen LogP contribution in [0.2, 0.25) is 5.02 Å². The number of aliphatic hydroxyl groups is 1. The molecule has 2 aliphatic rings. The summed E-state index contributed by atoms with van der Waals surface area (Å²) >= 11 is 6.41. The quantitative estimate of drug-likeness (QED) is 0.434. The molecule has 0 bridgehead atoms. The van der Waals surface area contributed by atoms with Crippen molar-refractivity contribution in [3.8, 4) is 5.75 Å². The number of benzene rings is 2. The fourth-order valence-electron chi connectivity index (χ4n) is 6.10. The minimum Gasteiger partial charge on any atom is -0.497 e. The highest BCUT2D eigenvalue weighted by Gasteiger charge is 2.62. The van der Waals surface area contributed by atoms with Crippen LogP contribution in [0.15, 0.2) is 42.5 Å². The lowest BCUT2D eigenvalue weighted by molar-refractivity contribution is -0.261. The van der Waals surface area contributed by atoms with Gasteiger partial charge in [-0.15, -0.1) is 0 Å². The second-order valence-electron chi connectivity index (χ2n) is 11.6. The van der Waals surface area contributed by atoms with Gasteiger partial charge in [0.05, 0.1) is 17.7 Å². The summed E-state index contributed by atoms with van der Waals surface area (Å²) in [6.07, 6.45) is -0.302. The molecular weight excluding hydrogens is 571 g/mol. The molecule has 0 radical (unpaired) electrons. The molecular formula is C31H39ClF3N3O4. The van der Waals surface area contributed by atoms with Gasteiger partial charge in [-0.1, -0.05) is 23.7 Å². The summed E-state index contributed by atoms with van der Waals surface area (Å²) in [6.45, 7) is 2.03.